The van der Waals surface area contributed by atoms with Crippen LogP contribution in [0.25, 0.3) is 0 Å². The Labute approximate surface area is 149 Å². The zero-order valence-electron chi connectivity index (χ0n) is 14.2. The topological polar surface area (TPSA) is 97.2 Å². The van der Waals surface area contributed by atoms with Crippen LogP contribution in [0.3, 0.4) is 0 Å². The highest BCUT2D eigenvalue weighted by molar-refractivity contribution is 7.10. The van der Waals surface area contributed by atoms with Crippen molar-refractivity contribution in [3.63, 3.8) is 0 Å². The van der Waals surface area contributed by atoms with E-state index in [4.69, 9.17) is 14.6 Å². The molecule has 0 saturated heterocycles. The van der Waals surface area contributed by atoms with Gasteiger partial charge in [-0.1, -0.05) is 6.07 Å². The molecule has 7 nitrogen and oxygen atoms in total. The highest BCUT2D eigenvalue weighted by atomic mass is 32.1. The molecule has 134 valence electrons. The molecule has 0 fully saturated rings. The van der Waals surface area contributed by atoms with Crippen molar-refractivity contribution in [2.24, 2.45) is 4.99 Å². The normalized spacial score (nSPS) is 17.7. The second kappa shape index (κ2) is 8.59. The van der Waals surface area contributed by atoms with Gasteiger partial charge in [-0.15, -0.1) is 11.3 Å². The number of thiophene rings is 1. The van der Waals surface area contributed by atoms with Gasteiger partial charge in [0.2, 0.25) is 0 Å². The SMILES string of the molecule is COC(=O)C1=C(C)NC(C=NCCO)=C(C(=O)OC)C1c1cccs1. The minimum absolute atomic E-state index is 0.103. The summed E-state index contributed by atoms with van der Waals surface area (Å²) in [5.41, 5.74) is 1.63. The Kier molecular flexibility index (Phi) is 6.49. The summed E-state index contributed by atoms with van der Waals surface area (Å²) >= 11 is 1.43. The molecule has 25 heavy (non-hydrogen) atoms. The number of hydrogen-bond donors (Lipinski definition) is 2. The molecule has 2 heterocycles. The predicted octanol–water partition coefficient (Wildman–Crippen LogP) is 1.37. The van der Waals surface area contributed by atoms with E-state index in [1.165, 1.54) is 31.8 Å². The van der Waals surface area contributed by atoms with Crippen molar-refractivity contribution in [3.05, 3.63) is 44.9 Å². The largest absolute Gasteiger partial charge is 0.466 e. The van der Waals surface area contributed by atoms with E-state index in [2.05, 4.69) is 10.3 Å². The summed E-state index contributed by atoms with van der Waals surface area (Å²) in [5, 5.41) is 13.8. The van der Waals surface area contributed by atoms with Crippen LogP contribution in [0.1, 0.15) is 17.7 Å². The van der Waals surface area contributed by atoms with Crippen molar-refractivity contribution in [1.29, 1.82) is 0 Å². The van der Waals surface area contributed by atoms with Gasteiger partial charge in [-0.25, -0.2) is 9.59 Å². The van der Waals surface area contributed by atoms with Crippen molar-refractivity contribution >= 4 is 29.5 Å². The molecular weight excluding hydrogens is 344 g/mol. The number of carbonyl (C=O) groups is 2. The van der Waals surface area contributed by atoms with Gasteiger partial charge in [0.1, 0.15) is 0 Å². The van der Waals surface area contributed by atoms with Gasteiger partial charge in [-0.3, -0.25) is 4.99 Å². The summed E-state index contributed by atoms with van der Waals surface area (Å²) in [6.45, 7) is 1.84. The zero-order chi connectivity index (χ0) is 18.4. The van der Waals surface area contributed by atoms with Gasteiger partial charge in [0, 0.05) is 16.8 Å². The summed E-state index contributed by atoms with van der Waals surface area (Å²) in [4.78, 5) is 29.7. The fraction of sp³-hybridized carbons (Fsp3) is 0.353. The Bertz CT molecular complexity index is 734. The number of nitrogens with one attached hydrogen (secondary N) is 1. The van der Waals surface area contributed by atoms with Crippen LogP contribution in [0, 0.1) is 0 Å². The number of carbonyl (C=O) groups excluding carboxylic acids is 2. The van der Waals surface area contributed by atoms with Crippen LogP contribution >= 0.6 is 11.3 Å². The van der Waals surface area contributed by atoms with Crippen molar-refractivity contribution < 1.29 is 24.2 Å². The van der Waals surface area contributed by atoms with E-state index in [-0.39, 0.29) is 18.7 Å². The number of dihydropyridines is 1. The maximum atomic E-state index is 12.5. The van der Waals surface area contributed by atoms with Crippen molar-refractivity contribution in [1.82, 2.24) is 5.32 Å². The third-order valence-electron chi connectivity index (χ3n) is 3.68. The summed E-state index contributed by atoms with van der Waals surface area (Å²) in [6, 6.07) is 3.70. The fourth-order valence-corrected chi connectivity index (χ4v) is 3.47. The van der Waals surface area contributed by atoms with Gasteiger partial charge in [0.05, 0.1) is 50.1 Å². The number of ether oxygens (including phenoxy) is 2. The second-order valence-corrected chi connectivity index (χ2v) is 6.16. The van der Waals surface area contributed by atoms with Crippen molar-refractivity contribution in [2.75, 3.05) is 27.4 Å². The molecule has 1 aromatic rings. The maximum absolute atomic E-state index is 12.5. The van der Waals surface area contributed by atoms with Crippen LogP contribution in [-0.4, -0.2) is 50.6 Å². The summed E-state index contributed by atoms with van der Waals surface area (Å²) < 4.78 is 9.84. The third-order valence-corrected chi connectivity index (χ3v) is 4.62. The first-order chi connectivity index (χ1) is 12.0. The molecular formula is C17H20N2O5S. The molecule has 0 aromatic carbocycles. The minimum atomic E-state index is -0.614. The molecule has 1 unspecified atom stereocenters. The Balaban J connectivity index is 2.64. The van der Waals surface area contributed by atoms with Crippen LogP contribution < -0.4 is 5.32 Å². The number of aliphatic hydroxyl groups excluding tert-OH is 1. The molecule has 0 radical (unpaired) electrons. The van der Waals surface area contributed by atoms with E-state index in [9.17, 15) is 9.59 Å². The Morgan fingerprint density at radius 1 is 1.32 bits per heavy atom. The number of hydrogen-bond acceptors (Lipinski definition) is 8. The fourth-order valence-electron chi connectivity index (χ4n) is 2.63. The third kappa shape index (κ3) is 3.97. The Morgan fingerprint density at radius 2 is 2.00 bits per heavy atom. The molecule has 0 saturated carbocycles. The van der Waals surface area contributed by atoms with Crippen LogP contribution in [0.5, 0.6) is 0 Å². The molecule has 8 heteroatoms. The summed E-state index contributed by atoms with van der Waals surface area (Å²) in [7, 11) is 2.58. The molecule has 1 atom stereocenters. The average molecular weight is 364 g/mol. The summed E-state index contributed by atoms with van der Waals surface area (Å²) in [6.07, 6.45) is 1.47. The first-order valence-corrected chi connectivity index (χ1v) is 8.45. The van der Waals surface area contributed by atoms with E-state index in [0.717, 1.165) is 4.88 Å². The zero-order valence-corrected chi connectivity index (χ0v) is 15.1. The van der Waals surface area contributed by atoms with E-state index in [1.54, 1.807) is 6.92 Å². The molecule has 0 amide bonds. The van der Waals surface area contributed by atoms with Gasteiger partial charge < -0.3 is 19.9 Å². The standard InChI is InChI=1S/C17H20N2O5S/c1-10-13(16(21)23-2)15(12-5-4-8-25-12)14(17(22)24-3)11(19-10)9-18-6-7-20/h4-5,8-9,15,19-20H,6-7H2,1-3H3. The molecule has 0 aliphatic carbocycles. The lowest BCUT2D eigenvalue weighted by molar-refractivity contribution is -0.137. The number of aliphatic hydroxyl groups is 1. The second-order valence-electron chi connectivity index (χ2n) is 5.18. The molecule has 2 N–H and O–H groups in total. The molecule has 2 rings (SSSR count). The monoisotopic (exact) mass is 364 g/mol. The first kappa shape index (κ1) is 18.9. The van der Waals surface area contributed by atoms with Crippen LogP contribution in [0.4, 0.5) is 0 Å². The van der Waals surface area contributed by atoms with Gasteiger partial charge in [-0.05, 0) is 18.4 Å². The van der Waals surface area contributed by atoms with Gasteiger partial charge in [-0.2, -0.15) is 0 Å². The minimum Gasteiger partial charge on any atom is -0.466 e. The average Bonchev–Trinajstić information content (AvgIpc) is 3.14. The Morgan fingerprint density at radius 3 is 2.56 bits per heavy atom. The Hall–Kier alpha value is -2.45. The molecule has 0 bridgehead atoms. The van der Waals surface area contributed by atoms with Crippen LogP contribution in [-0.2, 0) is 19.1 Å². The molecule has 1 aliphatic rings. The van der Waals surface area contributed by atoms with E-state index in [0.29, 0.717) is 17.0 Å². The lowest BCUT2D eigenvalue weighted by Gasteiger charge is -2.29. The summed E-state index contributed by atoms with van der Waals surface area (Å²) in [5.74, 6) is -1.70. The predicted molar refractivity (Wildman–Crippen MR) is 94.4 cm³/mol. The lowest BCUT2D eigenvalue weighted by Crippen LogP contribution is -2.33. The highest BCUT2D eigenvalue weighted by Gasteiger charge is 2.38. The van der Waals surface area contributed by atoms with E-state index < -0.39 is 17.9 Å². The van der Waals surface area contributed by atoms with Gasteiger partial charge in [0.15, 0.2) is 0 Å². The number of esters is 2. The van der Waals surface area contributed by atoms with Gasteiger partial charge >= 0.3 is 11.9 Å². The lowest BCUT2D eigenvalue weighted by atomic mass is 9.84. The first-order valence-electron chi connectivity index (χ1n) is 7.57. The van der Waals surface area contributed by atoms with Crippen LogP contribution in [0.15, 0.2) is 45.0 Å². The smallest absolute Gasteiger partial charge is 0.336 e. The number of allylic oxidation sites excluding steroid dienone is 2. The highest BCUT2D eigenvalue weighted by Crippen LogP contribution is 2.40. The van der Waals surface area contributed by atoms with E-state index >= 15 is 0 Å². The van der Waals surface area contributed by atoms with Gasteiger partial charge in [0.25, 0.3) is 0 Å². The molecule has 1 aliphatic heterocycles. The quantitative estimate of drug-likeness (QED) is 0.585. The van der Waals surface area contributed by atoms with Crippen molar-refractivity contribution in [2.45, 2.75) is 12.8 Å². The number of rotatable bonds is 6. The van der Waals surface area contributed by atoms with Crippen LogP contribution in [0.2, 0.25) is 0 Å². The maximum Gasteiger partial charge on any atom is 0.336 e. The number of aliphatic imine (C=N–C) groups is 1. The number of methoxy groups -OCH3 is 2. The van der Waals surface area contributed by atoms with Crippen molar-refractivity contribution in [3.8, 4) is 0 Å². The molecule has 1 aromatic heterocycles. The molecule has 0 spiro atoms. The van der Waals surface area contributed by atoms with E-state index in [1.807, 2.05) is 17.5 Å². The number of nitrogens with zero attached hydrogens (tertiary/aromatic N) is 1.